The van der Waals surface area contributed by atoms with Crippen molar-refractivity contribution in [1.82, 2.24) is 4.57 Å². The van der Waals surface area contributed by atoms with Crippen molar-refractivity contribution < 1.29 is 4.79 Å². The fourth-order valence-corrected chi connectivity index (χ4v) is 2.00. The van der Waals surface area contributed by atoms with Crippen LogP contribution >= 0.6 is 0 Å². The minimum absolute atomic E-state index is 0.332. The van der Waals surface area contributed by atoms with Gasteiger partial charge >= 0.3 is 0 Å². The molecule has 17 heavy (non-hydrogen) atoms. The van der Waals surface area contributed by atoms with E-state index in [1.807, 2.05) is 18.2 Å². The lowest BCUT2D eigenvalue weighted by molar-refractivity contribution is 0.112. The normalized spacial score (nSPS) is 11.9. The average Bonchev–Trinajstić information content (AvgIpc) is 2.68. The van der Waals surface area contributed by atoms with Gasteiger partial charge in [0.2, 0.25) is 0 Å². The largest absolute Gasteiger partial charge is 0.347 e. The number of carbonyl (C=O) groups excluding carboxylic acids is 1. The number of aryl methyl sites for hydroxylation is 1. The number of nitrogens with zero attached hydrogens (tertiary/aromatic N) is 1. The van der Waals surface area contributed by atoms with E-state index < -0.39 is 0 Å². The summed E-state index contributed by atoms with van der Waals surface area (Å²) in [7, 11) is 0. The van der Waals surface area contributed by atoms with Crippen molar-refractivity contribution in [3.8, 4) is 0 Å². The molecule has 0 radical (unpaired) electrons. The van der Waals surface area contributed by atoms with E-state index in [0.717, 1.165) is 35.7 Å². The second-order valence-electron chi connectivity index (χ2n) is 5.72. The summed E-state index contributed by atoms with van der Waals surface area (Å²) >= 11 is 0. The van der Waals surface area contributed by atoms with Crippen LogP contribution in [0.3, 0.4) is 0 Å². The zero-order valence-corrected chi connectivity index (χ0v) is 10.7. The van der Waals surface area contributed by atoms with Crippen LogP contribution in [0.2, 0.25) is 0 Å². The van der Waals surface area contributed by atoms with Crippen molar-refractivity contribution in [3.63, 3.8) is 0 Å². The number of carbonyl (C=O) groups is 1. The van der Waals surface area contributed by atoms with Gasteiger partial charge in [0.15, 0.2) is 6.29 Å². The van der Waals surface area contributed by atoms with E-state index >= 15 is 0 Å². The van der Waals surface area contributed by atoms with E-state index in [1.54, 1.807) is 0 Å². The molecule has 0 saturated heterocycles. The third-order valence-electron chi connectivity index (χ3n) is 3.08. The van der Waals surface area contributed by atoms with Gasteiger partial charge in [-0.05, 0) is 24.0 Å². The van der Waals surface area contributed by atoms with Crippen LogP contribution < -0.4 is 0 Å². The van der Waals surface area contributed by atoms with Crippen LogP contribution in [-0.2, 0) is 6.54 Å². The van der Waals surface area contributed by atoms with Crippen LogP contribution in [0.1, 0.15) is 37.6 Å². The van der Waals surface area contributed by atoms with Crippen LogP contribution in [0.5, 0.6) is 0 Å². The van der Waals surface area contributed by atoms with Crippen molar-refractivity contribution in [2.24, 2.45) is 5.41 Å². The molecule has 2 rings (SSSR count). The number of hydrogen-bond acceptors (Lipinski definition) is 1. The van der Waals surface area contributed by atoms with Crippen molar-refractivity contribution in [3.05, 3.63) is 36.0 Å². The molecule has 0 aliphatic rings. The zero-order valence-electron chi connectivity index (χ0n) is 10.7. The third kappa shape index (κ3) is 2.57. The highest BCUT2D eigenvalue weighted by molar-refractivity contribution is 5.97. The first-order chi connectivity index (χ1) is 8.01. The maximum absolute atomic E-state index is 10.9. The molecule has 1 heterocycles. The Morgan fingerprint density at radius 3 is 2.65 bits per heavy atom. The number of rotatable bonds is 3. The van der Waals surface area contributed by atoms with Crippen LogP contribution in [0.25, 0.3) is 10.9 Å². The summed E-state index contributed by atoms with van der Waals surface area (Å²) < 4.78 is 2.23. The van der Waals surface area contributed by atoms with Gasteiger partial charge in [0.25, 0.3) is 0 Å². The van der Waals surface area contributed by atoms with Crippen LogP contribution in [-0.4, -0.2) is 10.9 Å². The highest BCUT2D eigenvalue weighted by Gasteiger charge is 2.11. The zero-order chi connectivity index (χ0) is 12.5. The molecule has 0 atom stereocenters. The summed E-state index contributed by atoms with van der Waals surface area (Å²) in [6.07, 6.45) is 4.13. The van der Waals surface area contributed by atoms with Gasteiger partial charge in [-0.15, -0.1) is 0 Å². The van der Waals surface area contributed by atoms with Gasteiger partial charge in [-0.2, -0.15) is 0 Å². The number of fused-ring (bicyclic) bond motifs is 1. The Hall–Kier alpha value is -1.57. The molecule has 0 N–H and O–H groups in total. The molecule has 0 amide bonds. The summed E-state index contributed by atoms with van der Waals surface area (Å²) in [5.74, 6) is 0. The lowest BCUT2D eigenvalue weighted by Crippen LogP contribution is -2.09. The molecule has 1 aromatic carbocycles. The van der Waals surface area contributed by atoms with Crippen LogP contribution in [0, 0.1) is 5.41 Å². The molecule has 1 aromatic heterocycles. The van der Waals surface area contributed by atoms with Crippen LogP contribution in [0.4, 0.5) is 0 Å². The van der Waals surface area contributed by atoms with E-state index in [1.165, 1.54) is 0 Å². The molecule has 0 bridgehead atoms. The number of aromatic nitrogens is 1. The third-order valence-corrected chi connectivity index (χ3v) is 3.08. The Balaban J connectivity index is 2.34. The Kier molecular flexibility index (Phi) is 3.05. The molecule has 0 aliphatic carbocycles. The van der Waals surface area contributed by atoms with Crippen molar-refractivity contribution in [2.75, 3.05) is 0 Å². The molecule has 90 valence electrons. The molecule has 2 nitrogen and oxygen atoms in total. The van der Waals surface area contributed by atoms with Gasteiger partial charge in [0.05, 0.1) is 0 Å². The summed E-state index contributed by atoms with van der Waals surface area (Å²) in [5.41, 5.74) is 2.26. The highest BCUT2D eigenvalue weighted by atomic mass is 16.1. The highest BCUT2D eigenvalue weighted by Crippen LogP contribution is 2.23. The summed E-state index contributed by atoms with van der Waals surface area (Å²) in [5, 5.41) is 1.05. The predicted octanol–water partition coefficient (Wildman–Crippen LogP) is 3.89. The summed E-state index contributed by atoms with van der Waals surface area (Å²) in [6.45, 7) is 7.73. The maximum atomic E-state index is 10.9. The number of hydrogen-bond donors (Lipinski definition) is 0. The predicted molar refractivity (Wildman–Crippen MR) is 71.4 cm³/mol. The first-order valence-electron chi connectivity index (χ1n) is 6.04. The molecule has 2 heteroatoms. The average molecular weight is 229 g/mol. The molecule has 2 aromatic rings. The van der Waals surface area contributed by atoms with Crippen molar-refractivity contribution >= 4 is 17.2 Å². The molecule has 0 spiro atoms. The van der Waals surface area contributed by atoms with E-state index in [0.29, 0.717) is 5.41 Å². The van der Waals surface area contributed by atoms with Crippen molar-refractivity contribution in [2.45, 2.75) is 33.7 Å². The second-order valence-corrected chi connectivity index (χ2v) is 5.72. The standard InChI is InChI=1S/C15H19NO/c1-15(2,3)8-10-16-9-7-13-12(11-17)5-4-6-14(13)16/h4-7,9,11H,8,10H2,1-3H3. The lowest BCUT2D eigenvalue weighted by atomic mass is 9.92. The van der Waals surface area contributed by atoms with Gasteiger partial charge < -0.3 is 4.57 Å². The van der Waals surface area contributed by atoms with E-state index in [2.05, 4.69) is 37.6 Å². The molecular weight excluding hydrogens is 210 g/mol. The van der Waals surface area contributed by atoms with Gasteiger partial charge in [-0.1, -0.05) is 32.9 Å². The smallest absolute Gasteiger partial charge is 0.150 e. The molecule has 0 unspecified atom stereocenters. The molecule has 0 aliphatic heterocycles. The van der Waals surface area contributed by atoms with Crippen molar-refractivity contribution in [1.29, 1.82) is 0 Å². The lowest BCUT2D eigenvalue weighted by Gasteiger charge is -2.18. The monoisotopic (exact) mass is 229 g/mol. The Bertz CT molecular complexity index is 531. The fraction of sp³-hybridized carbons (Fsp3) is 0.400. The minimum Gasteiger partial charge on any atom is -0.347 e. The van der Waals surface area contributed by atoms with E-state index in [4.69, 9.17) is 0 Å². The Morgan fingerprint density at radius 2 is 2.00 bits per heavy atom. The molecule has 0 fully saturated rings. The molecule has 0 saturated carbocycles. The van der Waals surface area contributed by atoms with Gasteiger partial charge in [0.1, 0.15) is 0 Å². The van der Waals surface area contributed by atoms with Gasteiger partial charge in [0, 0.05) is 29.2 Å². The van der Waals surface area contributed by atoms with Crippen LogP contribution in [0.15, 0.2) is 30.5 Å². The topological polar surface area (TPSA) is 22.0 Å². The second kappa shape index (κ2) is 4.36. The summed E-state index contributed by atoms with van der Waals surface area (Å²) in [4.78, 5) is 10.9. The quantitative estimate of drug-likeness (QED) is 0.732. The first kappa shape index (κ1) is 11.9. The fourth-order valence-electron chi connectivity index (χ4n) is 2.00. The van der Waals surface area contributed by atoms with E-state index in [9.17, 15) is 4.79 Å². The first-order valence-corrected chi connectivity index (χ1v) is 6.04. The Morgan fingerprint density at radius 1 is 1.24 bits per heavy atom. The minimum atomic E-state index is 0.332. The number of benzene rings is 1. The van der Waals surface area contributed by atoms with Gasteiger partial charge in [-0.25, -0.2) is 0 Å². The maximum Gasteiger partial charge on any atom is 0.150 e. The number of aldehydes is 1. The van der Waals surface area contributed by atoms with Gasteiger partial charge in [-0.3, -0.25) is 4.79 Å². The SMILES string of the molecule is CC(C)(C)CCn1ccc2c(C=O)cccc21. The summed E-state index contributed by atoms with van der Waals surface area (Å²) in [6, 6.07) is 7.91. The molecular formula is C15H19NO. The Labute approximate surface area is 102 Å². The van der Waals surface area contributed by atoms with E-state index in [-0.39, 0.29) is 0 Å².